The number of hydrogen-bond donors (Lipinski definition) is 2. The molecule has 0 spiro atoms. The third kappa shape index (κ3) is 4.35. The molecule has 0 bridgehead atoms. The lowest BCUT2D eigenvalue weighted by atomic mass is 10.1. The number of urea groups is 1. The van der Waals surface area contributed by atoms with E-state index in [2.05, 4.69) is 20.8 Å². The van der Waals surface area contributed by atoms with Crippen LogP contribution in [0.3, 0.4) is 0 Å². The summed E-state index contributed by atoms with van der Waals surface area (Å²) in [7, 11) is 1.64. The van der Waals surface area contributed by atoms with Gasteiger partial charge in [0.15, 0.2) is 10.8 Å². The summed E-state index contributed by atoms with van der Waals surface area (Å²) in [6.07, 6.45) is 4.43. The molecular formula is C21H25N5O3S. The van der Waals surface area contributed by atoms with Crippen molar-refractivity contribution in [2.75, 3.05) is 12.9 Å². The van der Waals surface area contributed by atoms with Gasteiger partial charge in [-0.2, -0.15) is 0 Å². The fraction of sp³-hybridized carbons (Fsp3) is 0.429. The molecule has 1 fully saturated rings. The highest BCUT2D eigenvalue weighted by Crippen LogP contribution is 2.28. The first-order valence-electron chi connectivity index (χ1n) is 10.1. The van der Waals surface area contributed by atoms with Crippen LogP contribution in [0.15, 0.2) is 29.4 Å². The Hall–Kier alpha value is -2.81. The summed E-state index contributed by atoms with van der Waals surface area (Å²) in [6, 6.07) is 7.68. The van der Waals surface area contributed by atoms with Crippen LogP contribution in [0.25, 0.3) is 16.6 Å². The number of thioether (sulfide) groups is 1. The van der Waals surface area contributed by atoms with E-state index in [4.69, 9.17) is 4.74 Å². The second kappa shape index (κ2) is 8.91. The van der Waals surface area contributed by atoms with E-state index in [1.54, 1.807) is 7.11 Å². The Morgan fingerprint density at radius 1 is 1.23 bits per heavy atom. The van der Waals surface area contributed by atoms with Crippen LogP contribution in [0.1, 0.15) is 37.7 Å². The highest BCUT2D eigenvalue weighted by atomic mass is 32.2. The fourth-order valence-electron chi connectivity index (χ4n) is 3.84. The molecule has 0 unspecified atom stereocenters. The number of hydrogen-bond acceptors (Lipinski definition) is 6. The van der Waals surface area contributed by atoms with Crippen molar-refractivity contribution in [3.05, 3.63) is 29.8 Å². The van der Waals surface area contributed by atoms with Crippen molar-refractivity contribution in [2.45, 2.75) is 50.2 Å². The number of rotatable bonds is 6. The molecule has 30 heavy (non-hydrogen) atoms. The van der Waals surface area contributed by atoms with E-state index in [0.717, 1.165) is 53.5 Å². The number of pyridine rings is 1. The van der Waals surface area contributed by atoms with Crippen molar-refractivity contribution >= 4 is 40.3 Å². The van der Waals surface area contributed by atoms with Gasteiger partial charge in [0.25, 0.3) is 0 Å². The molecule has 1 aliphatic carbocycles. The first-order valence-corrected chi connectivity index (χ1v) is 11.1. The Balaban J connectivity index is 1.42. The second-order valence-electron chi connectivity index (χ2n) is 7.49. The van der Waals surface area contributed by atoms with E-state index in [1.807, 2.05) is 35.6 Å². The Labute approximate surface area is 178 Å². The lowest BCUT2D eigenvalue weighted by molar-refractivity contribution is -0.119. The quantitative estimate of drug-likeness (QED) is 0.585. The van der Waals surface area contributed by atoms with Crippen LogP contribution in [0.5, 0.6) is 5.75 Å². The van der Waals surface area contributed by atoms with Crippen LogP contribution in [-0.2, 0) is 4.79 Å². The number of nitrogens with one attached hydrogen (secondary N) is 2. The van der Waals surface area contributed by atoms with E-state index in [0.29, 0.717) is 10.9 Å². The SMILES string of the molecule is COc1ccc2c(C)cc3nnc(SCCC(=O)NC(=O)NC4CCCC4)n3c2c1. The van der Waals surface area contributed by atoms with Crippen LogP contribution < -0.4 is 15.4 Å². The van der Waals surface area contributed by atoms with Gasteiger partial charge in [-0.25, -0.2) is 4.79 Å². The van der Waals surface area contributed by atoms with Crippen molar-refractivity contribution in [1.29, 1.82) is 0 Å². The predicted molar refractivity (Wildman–Crippen MR) is 116 cm³/mol. The molecular weight excluding hydrogens is 402 g/mol. The first-order chi connectivity index (χ1) is 14.5. The number of aryl methyl sites for hydroxylation is 1. The summed E-state index contributed by atoms with van der Waals surface area (Å²) in [5.41, 5.74) is 2.81. The van der Waals surface area contributed by atoms with Gasteiger partial charge in [-0.3, -0.25) is 14.5 Å². The third-order valence-electron chi connectivity index (χ3n) is 5.38. The molecule has 2 heterocycles. The average Bonchev–Trinajstić information content (AvgIpc) is 3.37. The molecule has 4 rings (SSSR count). The van der Waals surface area contributed by atoms with Gasteiger partial charge in [0.1, 0.15) is 5.75 Å². The van der Waals surface area contributed by atoms with Crippen molar-refractivity contribution in [3.8, 4) is 5.75 Å². The van der Waals surface area contributed by atoms with Gasteiger partial charge in [-0.05, 0) is 43.5 Å². The molecule has 3 amide bonds. The summed E-state index contributed by atoms with van der Waals surface area (Å²) in [4.78, 5) is 24.0. The molecule has 0 saturated heterocycles. The number of imide groups is 1. The zero-order valence-corrected chi connectivity index (χ0v) is 17.9. The highest BCUT2D eigenvalue weighted by molar-refractivity contribution is 7.99. The minimum atomic E-state index is -0.404. The number of ether oxygens (including phenoxy) is 1. The maximum absolute atomic E-state index is 12.1. The lowest BCUT2D eigenvalue weighted by Crippen LogP contribution is -2.43. The van der Waals surface area contributed by atoms with Gasteiger partial charge in [-0.15, -0.1) is 10.2 Å². The van der Waals surface area contributed by atoms with Crippen molar-refractivity contribution in [2.24, 2.45) is 0 Å². The molecule has 1 saturated carbocycles. The number of carbonyl (C=O) groups excluding carboxylic acids is 2. The Morgan fingerprint density at radius 2 is 2.03 bits per heavy atom. The maximum atomic E-state index is 12.1. The Bertz CT molecular complexity index is 1090. The minimum Gasteiger partial charge on any atom is -0.497 e. The predicted octanol–water partition coefficient (Wildman–Crippen LogP) is 3.45. The second-order valence-corrected chi connectivity index (χ2v) is 8.55. The summed E-state index contributed by atoms with van der Waals surface area (Å²) in [6.45, 7) is 2.04. The van der Waals surface area contributed by atoms with Gasteiger partial charge in [0.05, 0.1) is 12.6 Å². The monoisotopic (exact) mass is 427 g/mol. The molecule has 0 radical (unpaired) electrons. The first kappa shape index (κ1) is 20.5. The largest absolute Gasteiger partial charge is 0.497 e. The Kier molecular flexibility index (Phi) is 6.08. The van der Waals surface area contributed by atoms with E-state index in [-0.39, 0.29) is 18.4 Å². The van der Waals surface area contributed by atoms with Gasteiger partial charge >= 0.3 is 6.03 Å². The summed E-state index contributed by atoms with van der Waals surface area (Å²) >= 11 is 1.44. The van der Waals surface area contributed by atoms with Crippen LogP contribution >= 0.6 is 11.8 Å². The number of carbonyl (C=O) groups is 2. The molecule has 0 aliphatic heterocycles. The molecule has 2 N–H and O–H groups in total. The maximum Gasteiger partial charge on any atom is 0.321 e. The van der Waals surface area contributed by atoms with Crippen molar-refractivity contribution in [3.63, 3.8) is 0 Å². The molecule has 9 heteroatoms. The number of benzene rings is 1. The molecule has 1 aliphatic rings. The zero-order valence-electron chi connectivity index (χ0n) is 17.1. The summed E-state index contributed by atoms with van der Waals surface area (Å²) in [5, 5.41) is 15.6. The van der Waals surface area contributed by atoms with Crippen LogP contribution in [0.4, 0.5) is 4.79 Å². The topological polar surface area (TPSA) is 97.6 Å². The van der Waals surface area contributed by atoms with Gasteiger partial charge in [-0.1, -0.05) is 24.6 Å². The van der Waals surface area contributed by atoms with Crippen LogP contribution in [-0.4, -0.2) is 45.4 Å². The normalized spacial score (nSPS) is 14.3. The number of aromatic nitrogens is 3. The van der Waals surface area contributed by atoms with E-state index in [1.165, 1.54) is 11.8 Å². The number of fused-ring (bicyclic) bond motifs is 3. The molecule has 0 atom stereocenters. The minimum absolute atomic E-state index is 0.184. The smallest absolute Gasteiger partial charge is 0.321 e. The summed E-state index contributed by atoms with van der Waals surface area (Å²) < 4.78 is 7.35. The van der Waals surface area contributed by atoms with Crippen LogP contribution in [0.2, 0.25) is 0 Å². The zero-order chi connectivity index (χ0) is 21.1. The lowest BCUT2D eigenvalue weighted by Gasteiger charge is -2.12. The molecule has 8 nitrogen and oxygen atoms in total. The standard InChI is InChI=1S/C21H25N5O3S/c1-13-11-18-24-25-21(26(18)17-12-15(29-2)7-8-16(13)17)30-10-9-19(27)23-20(28)22-14-5-3-4-6-14/h7-8,11-12,14H,3-6,9-10H2,1-2H3,(H2,22,23,27,28). The van der Waals surface area contributed by atoms with Crippen molar-refractivity contribution < 1.29 is 14.3 Å². The van der Waals surface area contributed by atoms with Crippen molar-refractivity contribution in [1.82, 2.24) is 25.2 Å². The van der Waals surface area contributed by atoms with Gasteiger partial charge in [0, 0.05) is 29.7 Å². The number of nitrogens with zero attached hydrogens (tertiary/aromatic N) is 3. The Morgan fingerprint density at radius 3 is 2.80 bits per heavy atom. The number of methoxy groups -OCH3 is 1. The molecule has 1 aromatic carbocycles. The molecule has 2 aromatic heterocycles. The third-order valence-corrected chi connectivity index (χ3v) is 6.31. The summed E-state index contributed by atoms with van der Waals surface area (Å²) in [5.74, 6) is 0.948. The molecule has 3 aromatic rings. The van der Waals surface area contributed by atoms with E-state index in [9.17, 15) is 9.59 Å². The van der Waals surface area contributed by atoms with E-state index >= 15 is 0 Å². The fourth-order valence-corrected chi connectivity index (χ4v) is 4.73. The van der Waals surface area contributed by atoms with Gasteiger partial charge in [0.2, 0.25) is 5.91 Å². The van der Waals surface area contributed by atoms with Gasteiger partial charge < -0.3 is 10.1 Å². The number of amides is 3. The average molecular weight is 428 g/mol. The highest BCUT2D eigenvalue weighted by Gasteiger charge is 2.18. The van der Waals surface area contributed by atoms with E-state index < -0.39 is 6.03 Å². The molecule has 158 valence electrons. The van der Waals surface area contributed by atoms with Crippen LogP contribution in [0, 0.1) is 6.92 Å².